The van der Waals surface area contributed by atoms with Crippen LogP contribution in [0.3, 0.4) is 0 Å². The fourth-order valence-electron chi connectivity index (χ4n) is 2.25. The number of hydrogen-bond donors (Lipinski definition) is 1. The van der Waals surface area contributed by atoms with Crippen LogP contribution in [0, 0.1) is 6.92 Å². The second-order valence-corrected chi connectivity index (χ2v) is 6.93. The van der Waals surface area contributed by atoms with Crippen molar-refractivity contribution in [2.45, 2.75) is 17.8 Å². The lowest BCUT2D eigenvalue weighted by Crippen LogP contribution is -2.11. The molecule has 0 atom stereocenters. The maximum atomic E-state index is 12.1. The molecule has 0 aliphatic carbocycles. The van der Waals surface area contributed by atoms with Crippen LogP contribution in [0.2, 0.25) is 0 Å². The fourth-order valence-corrected chi connectivity index (χ4v) is 3.47. The molecule has 0 saturated heterocycles. The monoisotopic (exact) mass is 386 g/mol. The number of rotatable bonds is 4. The van der Waals surface area contributed by atoms with Gasteiger partial charge in [-0.15, -0.1) is 0 Å². The van der Waals surface area contributed by atoms with Crippen molar-refractivity contribution in [3.8, 4) is 11.3 Å². The summed E-state index contributed by atoms with van der Waals surface area (Å²) in [6.07, 6.45) is 0. The Bertz CT molecular complexity index is 878. The Balaban J connectivity index is 1.89. The van der Waals surface area contributed by atoms with Crippen LogP contribution in [0.15, 0.2) is 69.0 Å². The number of nitrogens with one attached hydrogen (secondary N) is 1. The molecule has 1 aromatic heterocycles. The molecule has 3 nitrogen and oxygen atoms in total. The first-order chi connectivity index (χ1) is 11.1. The van der Waals surface area contributed by atoms with Crippen molar-refractivity contribution in [1.29, 1.82) is 0 Å². The van der Waals surface area contributed by atoms with Gasteiger partial charge in [0.15, 0.2) is 5.16 Å². The second-order valence-electron chi connectivity index (χ2n) is 5.18. The minimum atomic E-state index is -0.161. The summed E-state index contributed by atoms with van der Waals surface area (Å²) in [5.41, 5.74) is 3.86. The molecular formula is C18H15BrN2OS. The Morgan fingerprint density at radius 1 is 1.13 bits per heavy atom. The third-order valence-electron chi connectivity index (χ3n) is 3.35. The van der Waals surface area contributed by atoms with Crippen LogP contribution in [-0.2, 0) is 5.75 Å². The Morgan fingerprint density at radius 3 is 2.65 bits per heavy atom. The number of aromatic nitrogens is 2. The number of halogens is 1. The lowest BCUT2D eigenvalue weighted by atomic mass is 10.1. The predicted molar refractivity (Wildman–Crippen MR) is 98.7 cm³/mol. The topological polar surface area (TPSA) is 45.8 Å². The molecule has 5 heteroatoms. The van der Waals surface area contributed by atoms with Crippen molar-refractivity contribution in [1.82, 2.24) is 9.97 Å². The van der Waals surface area contributed by atoms with E-state index in [9.17, 15) is 4.79 Å². The van der Waals surface area contributed by atoms with Gasteiger partial charge in [-0.25, -0.2) is 4.98 Å². The number of hydrogen-bond acceptors (Lipinski definition) is 3. The summed E-state index contributed by atoms with van der Waals surface area (Å²) in [6, 6.07) is 18.0. The predicted octanol–water partition coefficient (Wildman–Crippen LogP) is 4.80. The molecular weight excluding hydrogens is 372 g/mol. The van der Waals surface area contributed by atoms with Gasteiger partial charge in [-0.3, -0.25) is 4.79 Å². The largest absolute Gasteiger partial charge is 0.300 e. The van der Waals surface area contributed by atoms with Gasteiger partial charge in [0, 0.05) is 11.3 Å². The molecule has 23 heavy (non-hydrogen) atoms. The molecule has 3 aromatic rings. The molecule has 0 aliphatic rings. The summed E-state index contributed by atoms with van der Waals surface area (Å²) in [7, 11) is 0. The molecule has 0 fully saturated rings. The highest BCUT2D eigenvalue weighted by molar-refractivity contribution is 9.10. The summed E-state index contributed by atoms with van der Waals surface area (Å²) in [5.74, 6) is 0.764. The van der Waals surface area contributed by atoms with Gasteiger partial charge in [-0.05, 0) is 28.4 Å². The molecule has 3 rings (SSSR count). The third-order valence-corrected chi connectivity index (χ3v) is 5.03. The quantitative estimate of drug-likeness (QED) is 0.517. The fraction of sp³-hybridized carbons (Fsp3) is 0.111. The zero-order valence-electron chi connectivity index (χ0n) is 12.5. The van der Waals surface area contributed by atoms with E-state index in [4.69, 9.17) is 0 Å². The first kappa shape index (κ1) is 16.0. The van der Waals surface area contributed by atoms with Crippen LogP contribution in [0.4, 0.5) is 0 Å². The minimum absolute atomic E-state index is 0.161. The van der Waals surface area contributed by atoms with E-state index in [1.165, 1.54) is 22.9 Å². The number of aryl methyl sites for hydroxylation is 1. The van der Waals surface area contributed by atoms with Crippen molar-refractivity contribution < 1.29 is 0 Å². The van der Waals surface area contributed by atoms with E-state index < -0.39 is 0 Å². The lowest BCUT2D eigenvalue weighted by molar-refractivity contribution is 0.932. The highest BCUT2D eigenvalue weighted by atomic mass is 79.9. The van der Waals surface area contributed by atoms with Crippen LogP contribution < -0.4 is 5.56 Å². The molecule has 0 saturated carbocycles. The third kappa shape index (κ3) is 3.92. The number of benzene rings is 2. The number of thioether (sulfide) groups is 1. The Labute approximate surface area is 147 Å². The summed E-state index contributed by atoms with van der Waals surface area (Å²) < 4.78 is 0.462. The SMILES string of the molecule is Cc1cccc(CSc2nc(-c3ccccc3)c(Br)c(=O)[nH]2)c1. The number of nitrogens with zero attached hydrogens (tertiary/aromatic N) is 1. The Hall–Kier alpha value is -1.85. The van der Waals surface area contributed by atoms with Crippen LogP contribution >= 0.6 is 27.7 Å². The van der Waals surface area contributed by atoms with Gasteiger partial charge in [0.25, 0.3) is 5.56 Å². The van der Waals surface area contributed by atoms with E-state index in [-0.39, 0.29) is 5.56 Å². The second kappa shape index (κ2) is 7.15. The summed E-state index contributed by atoms with van der Waals surface area (Å²) in [4.78, 5) is 19.6. The highest BCUT2D eigenvalue weighted by Crippen LogP contribution is 2.26. The van der Waals surface area contributed by atoms with Crippen molar-refractivity contribution in [2.24, 2.45) is 0 Å². The van der Waals surface area contributed by atoms with Crippen molar-refractivity contribution in [3.05, 3.63) is 80.6 Å². The molecule has 0 bridgehead atoms. The van der Waals surface area contributed by atoms with E-state index in [0.717, 1.165) is 11.3 Å². The van der Waals surface area contributed by atoms with Gasteiger partial charge in [-0.1, -0.05) is 71.9 Å². The summed E-state index contributed by atoms with van der Waals surface area (Å²) in [6.45, 7) is 2.07. The van der Waals surface area contributed by atoms with E-state index in [1.807, 2.05) is 36.4 Å². The molecule has 0 amide bonds. The maximum Gasteiger partial charge on any atom is 0.266 e. The van der Waals surface area contributed by atoms with Gasteiger partial charge in [-0.2, -0.15) is 0 Å². The molecule has 2 aromatic carbocycles. The van der Waals surface area contributed by atoms with E-state index in [0.29, 0.717) is 15.3 Å². The zero-order valence-corrected chi connectivity index (χ0v) is 14.9. The van der Waals surface area contributed by atoms with Crippen LogP contribution in [0.25, 0.3) is 11.3 Å². The number of aromatic amines is 1. The normalized spacial score (nSPS) is 10.7. The van der Waals surface area contributed by atoms with E-state index >= 15 is 0 Å². The van der Waals surface area contributed by atoms with Crippen LogP contribution in [0.5, 0.6) is 0 Å². The highest BCUT2D eigenvalue weighted by Gasteiger charge is 2.11. The average molecular weight is 387 g/mol. The molecule has 0 spiro atoms. The first-order valence-electron chi connectivity index (χ1n) is 7.17. The van der Waals surface area contributed by atoms with Crippen molar-refractivity contribution >= 4 is 27.7 Å². The maximum absolute atomic E-state index is 12.1. The van der Waals surface area contributed by atoms with Gasteiger partial charge >= 0.3 is 0 Å². The van der Waals surface area contributed by atoms with E-state index in [1.54, 1.807) is 0 Å². The molecule has 0 aliphatic heterocycles. The van der Waals surface area contributed by atoms with Crippen molar-refractivity contribution in [2.75, 3.05) is 0 Å². The average Bonchev–Trinajstić information content (AvgIpc) is 2.57. The van der Waals surface area contributed by atoms with Gasteiger partial charge in [0.2, 0.25) is 0 Å². The summed E-state index contributed by atoms with van der Waals surface area (Å²) >= 11 is 4.87. The van der Waals surface area contributed by atoms with Gasteiger partial charge in [0.05, 0.1) is 5.69 Å². The van der Waals surface area contributed by atoms with E-state index in [2.05, 4.69) is 51.0 Å². The molecule has 0 unspecified atom stereocenters. The molecule has 1 heterocycles. The smallest absolute Gasteiger partial charge is 0.266 e. The standard InChI is InChI=1S/C18H15BrN2OS/c1-12-6-5-7-13(10-12)11-23-18-20-16(15(19)17(22)21-18)14-8-3-2-4-9-14/h2-10H,11H2,1H3,(H,20,21,22). The molecule has 0 radical (unpaired) electrons. The Kier molecular flexibility index (Phi) is 4.98. The Morgan fingerprint density at radius 2 is 1.91 bits per heavy atom. The number of H-pyrrole nitrogens is 1. The van der Waals surface area contributed by atoms with Crippen molar-refractivity contribution in [3.63, 3.8) is 0 Å². The first-order valence-corrected chi connectivity index (χ1v) is 8.95. The molecule has 116 valence electrons. The van der Waals surface area contributed by atoms with Crippen LogP contribution in [-0.4, -0.2) is 9.97 Å². The zero-order chi connectivity index (χ0) is 16.2. The van der Waals surface area contributed by atoms with Crippen LogP contribution in [0.1, 0.15) is 11.1 Å². The minimum Gasteiger partial charge on any atom is -0.300 e. The molecule has 1 N–H and O–H groups in total. The lowest BCUT2D eigenvalue weighted by Gasteiger charge is -2.07. The summed E-state index contributed by atoms with van der Waals surface area (Å²) in [5, 5.41) is 0.624. The van der Waals surface area contributed by atoms with Gasteiger partial charge < -0.3 is 4.98 Å². The van der Waals surface area contributed by atoms with Gasteiger partial charge in [0.1, 0.15) is 4.47 Å².